The summed E-state index contributed by atoms with van der Waals surface area (Å²) in [6.45, 7) is 2.04. The molecule has 0 atom stereocenters. The normalized spacial score (nSPS) is 11.0. The highest BCUT2D eigenvalue weighted by Gasteiger charge is 2.20. The highest BCUT2D eigenvalue weighted by atomic mass is 32.2. The molecule has 192 valence electrons. The molecule has 5 rings (SSSR count). The van der Waals surface area contributed by atoms with Crippen LogP contribution in [0.15, 0.2) is 83.0 Å². The van der Waals surface area contributed by atoms with E-state index in [2.05, 4.69) is 4.98 Å². The second-order valence-corrected chi connectivity index (χ2v) is 10.6. The van der Waals surface area contributed by atoms with Gasteiger partial charge in [-0.1, -0.05) is 35.2 Å². The summed E-state index contributed by atoms with van der Waals surface area (Å²) in [7, 11) is 1.60. The average Bonchev–Trinajstić information content (AvgIpc) is 3.29. The molecule has 2 aromatic carbocycles. The zero-order valence-electron chi connectivity index (χ0n) is 20.5. The number of hydrogen-bond acceptors (Lipinski definition) is 9. The molecule has 8 nitrogen and oxygen atoms in total. The number of rotatable bonds is 8. The Labute approximate surface area is 231 Å². The third-order valence-corrected chi connectivity index (χ3v) is 7.98. The van der Waals surface area contributed by atoms with Gasteiger partial charge in [0.25, 0.3) is 5.56 Å². The maximum absolute atomic E-state index is 13.9. The Bertz CT molecular complexity index is 1730. The van der Waals surface area contributed by atoms with Crippen LogP contribution in [0.3, 0.4) is 0 Å². The van der Waals surface area contributed by atoms with Gasteiger partial charge >= 0.3 is 5.97 Å². The number of thiazole rings is 1. The van der Waals surface area contributed by atoms with Crippen LogP contribution in [-0.2, 0) is 10.5 Å². The molecule has 0 amide bonds. The molecule has 0 N–H and O–H groups in total. The molecule has 0 saturated carbocycles. The van der Waals surface area contributed by atoms with E-state index in [1.807, 2.05) is 36.4 Å². The first-order valence-corrected chi connectivity index (χ1v) is 13.8. The molecule has 3 heterocycles. The van der Waals surface area contributed by atoms with Crippen LogP contribution in [0.5, 0.6) is 5.75 Å². The summed E-state index contributed by atoms with van der Waals surface area (Å²) in [6.07, 6.45) is 3.50. The number of hydrogen-bond donors (Lipinski definition) is 0. The molecule has 5 aromatic rings. The van der Waals surface area contributed by atoms with Gasteiger partial charge in [0.15, 0.2) is 14.8 Å². The Morgan fingerprint density at radius 2 is 1.89 bits per heavy atom. The van der Waals surface area contributed by atoms with Gasteiger partial charge in [0, 0.05) is 24.2 Å². The minimum atomic E-state index is -0.417. The molecule has 0 saturated heterocycles. The minimum Gasteiger partial charge on any atom is -0.497 e. The van der Waals surface area contributed by atoms with Crippen molar-refractivity contribution in [2.24, 2.45) is 0 Å². The number of ether oxygens (including phenoxy) is 2. The molecule has 0 spiro atoms. The van der Waals surface area contributed by atoms with E-state index in [0.29, 0.717) is 42.2 Å². The Balaban J connectivity index is 1.68. The fraction of sp³-hybridized carbons (Fsp3) is 0.148. The van der Waals surface area contributed by atoms with Crippen molar-refractivity contribution in [3.05, 3.63) is 98.5 Å². The topological polar surface area (TPSA) is 88.2 Å². The molecule has 0 aliphatic rings. The molecule has 0 fully saturated rings. The Hall–Kier alpha value is -3.80. The zero-order valence-corrected chi connectivity index (χ0v) is 22.9. The number of esters is 1. The number of pyridine rings is 1. The number of nitrogens with zero attached hydrogens (tertiary/aromatic N) is 4. The smallest absolute Gasteiger partial charge is 0.338 e. The first-order valence-electron chi connectivity index (χ1n) is 11.6. The van der Waals surface area contributed by atoms with E-state index in [1.54, 1.807) is 59.8 Å². The summed E-state index contributed by atoms with van der Waals surface area (Å²) in [5.41, 5.74) is 2.97. The van der Waals surface area contributed by atoms with Gasteiger partial charge in [0.2, 0.25) is 0 Å². The van der Waals surface area contributed by atoms with E-state index in [1.165, 1.54) is 23.1 Å². The minimum absolute atomic E-state index is 0.245. The van der Waals surface area contributed by atoms with E-state index in [9.17, 15) is 9.59 Å². The Kier molecular flexibility index (Phi) is 7.68. The lowest BCUT2D eigenvalue weighted by Crippen LogP contribution is -2.21. The fourth-order valence-electron chi connectivity index (χ4n) is 3.83. The fourth-order valence-corrected chi connectivity index (χ4v) is 6.07. The van der Waals surface area contributed by atoms with Gasteiger partial charge < -0.3 is 9.47 Å². The number of carbonyl (C=O) groups excluding carboxylic acids is 1. The largest absolute Gasteiger partial charge is 0.497 e. The van der Waals surface area contributed by atoms with E-state index >= 15 is 0 Å². The molecule has 0 aliphatic carbocycles. The lowest BCUT2D eigenvalue weighted by atomic mass is 10.2. The van der Waals surface area contributed by atoms with Crippen LogP contribution < -0.4 is 10.3 Å². The predicted octanol–water partition coefficient (Wildman–Crippen LogP) is 5.84. The van der Waals surface area contributed by atoms with Crippen molar-refractivity contribution in [1.29, 1.82) is 0 Å². The molecule has 3 aromatic heterocycles. The van der Waals surface area contributed by atoms with E-state index < -0.39 is 5.97 Å². The lowest BCUT2D eigenvalue weighted by molar-refractivity contribution is 0.0526. The third-order valence-electron chi connectivity index (χ3n) is 5.62. The molecular weight excluding hydrogens is 541 g/mol. The predicted molar refractivity (Wildman–Crippen MR) is 152 cm³/mol. The number of benzene rings is 2. The second kappa shape index (κ2) is 11.3. The maximum atomic E-state index is 13.9. The molecule has 38 heavy (non-hydrogen) atoms. The number of methoxy groups -OCH3 is 1. The van der Waals surface area contributed by atoms with Crippen molar-refractivity contribution >= 4 is 51.6 Å². The number of fused-ring (bicyclic) bond motifs is 1. The van der Waals surface area contributed by atoms with Gasteiger partial charge in [-0.05, 0) is 67.2 Å². The molecule has 0 bridgehead atoms. The summed E-state index contributed by atoms with van der Waals surface area (Å²) in [6, 6.07) is 18.0. The number of thioether (sulfide) groups is 1. The molecular formula is C27H22N4O4S3. The summed E-state index contributed by atoms with van der Waals surface area (Å²) in [5, 5.41) is 0.486. The van der Waals surface area contributed by atoms with Crippen molar-refractivity contribution in [2.75, 3.05) is 13.7 Å². The first kappa shape index (κ1) is 25.8. The van der Waals surface area contributed by atoms with Gasteiger partial charge in [0.1, 0.15) is 10.4 Å². The molecule has 11 heteroatoms. The first-order chi connectivity index (χ1) is 18.5. The van der Waals surface area contributed by atoms with Crippen molar-refractivity contribution in [3.63, 3.8) is 0 Å². The standard InChI is InChI=1S/C27H22N4O4S3/c1-3-35-25(33)18-9-11-19(12-10-18)31-24(32)22-23(29-26(31)37-16-17-6-5-13-28-15-17)30(27(36)38-22)20-7-4-8-21(14-20)34-2/h4-15H,3,16H2,1-2H3. The van der Waals surface area contributed by atoms with Gasteiger partial charge in [-0.2, -0.15) is 0 Å². The quantitative estimate of drug-likeness (QED) is 0.101. The van der Waals surface area contributed by atoms with Gasteiger partial charge in [-0.3, -0.25) is 18.9 Å². The van der Waals surface area contributed by atoms with Crippen LogP contribution in [0, 0.1) is 3.95 Å². The monoisotopic (exact) mass is 562 g/mol. The van der Waals surface area contributed by atoms with Gasteiger partial charge in [-0.15, -0.1) is 0 Å². The van der Waals surface area contributed by atoms with Crippen LogP contribution in [-0.4, -0.2) is 38.8 Å². The van der Waals surface area contributed by atoms with Crippen LogP contribution in [0.2, 0.25) is 0 Å². The summed E-state index contributed by atoms with van der Waals surface area (Å²) < 4.78 is 14.7. The lowest BCUT2D eigenvalue weighted by Gasteiger charge is -2.13. The zero-order chi connectivity index (χ0) is 26.6. The Morgan fingerprint density at radius 1 is 1.08 bits per heavy atom. The van der Waals surface area contributed by atoms with Crippen molar-refractivity contribution in [3.8, 4) is 17.1 Å². The maximum Gasteiger partial charge on any atom is 0.338 e. The van der Waals surface area contributed by atoms with Gasteiger partial charge in [0.05, 0.1) is 30.7 Å². The SMILES string of the molecule is CCOC(=O)c1ccc(-n2c(SCc3cccnc3)nc3c(sc(=S)n3-c3cccc(OC)c3)c2=O)cc1. The molecule has 0 aliphatic heterocycles. The Morgan fingerprint density at radius 3 is 2.61 bits per heavy atom. The van der Waals surface area contributed by atoms with Crippen molar-refractivity contribution in [1.82, 2.24) is 19.1 Å². The van der Waals surface area contributed by atoms with Crippen LogP contribution in [0.1, 0.15) is 22.8 Å². The van der Waals surface area contributed by atoms with Crippen molar-refractivity contribution < 1.29 is 14.3 Å². The van der Waals surface area contributed by atoms with E-state index in [4.69, 9.17) is 26.7 Å². The molecule has 0 radical (unpaired) electrons. The number of carbonyl (C=O) groups is 1. The summed E-state index contributed by atoms with van der Waals surface area (Å²) in [5.74, 6) is 0.806. The van der Waals surface area contributed by atoms with E-state index in [0.717, 1.165) is 11.3 Å². The second-order valence-electron chi connectivity index (χ2n) is 8.01. The van der Waals surface area contributed by atoms with E-state index in [-0.39, 0.29) is 12.2 Å². The third kappa shape index (κ3) is 5.13. The summed E-state index contributed by atoms with van der Waals surface area (Å²) in [4.78, 5) is 35.2. The van der Waals surface area contributed by atoms with Crippen molar-refractivity contribution in [2.45, 2.75) is 17.8 Å². The van der Waals surface area contributed by atoms with Gasteiger partial charge in [-0.25, -0.2) is 9.78 Å². The average molecular weight is 563 g/mol. The van der Waals surface area contributed by atoms with Crippen LogP contribution in [0.25, 0.3) is 21.7 Å². The summed E-state index contributed by atoms with van der Waals surface area (Å²) >= 11 is 8.30. The molecule has 0 unspecified atom stereocenters. The van der Waals surface area contributed by atoms with Crippen LogP contribution in [0.4, 0.5) is 0 Å². The highest BCUT2D eigenvalue weighted by molar-refractivity contribution is 7.98. The van der Waals surface area contributed by atoms with Crippen LogP contribution >= 0.6 is 35.3 Å². The highest BCUT2D eigenvalue weighted by Crippen LogP contribution is 2.30. The number of aromatic nitrogens is 4.